The van der Waals surface area contributed by atoms with Crippen molar-refractivity contribution in [3.8, 4) is 0 Å². The average Bonchev–Trinajstić information content (AvgIpc) is 2.85. The van der Waals surface area contributed by atoms with Gasteiger partial charge in [0.1, 0.15) is 0 Å². The number of nitrogens with one attached hydrogen (secondary N) is 1. The van der Waals surface area contributed by atoms with Gasteiger partial charge in [-0.2, -0.15) is 0 Å². The molecule has 1 aromatic rings. The van der Waals surface area contributed by atoms with Gasteiger partial charge in [-0.15, -0.1) is 11.3 Å². The van der Waals surface area contributed by atoms with Gasteiger partial charge in [0.15, 0.2) is 0 Å². The molecule has 1 saturated heterocycles. The lowest BCUT2D eigenvalue weighted by Gasteiger charge is -2.21. The van der Waals surface area contributed by atoms with Crippen LogP contribution in [0.2, 0.25) is 0 Å². The van der Waals surface area contributed by atoms with Crippen LogP contribution in [0.25, 0.3) is 0 Å². The first-order chi connectivity index (χ1) is 8.03. The maximum atomic E-state index is 4.87. The lowest BCUT2D eigenvalue weighted by atomic mass is 9.94. The van der Waals surface area contributed by atoms with Crippen molar-refractivity contribution in [2.75, 3.05) is 33.7 Å². The van der Waals surface area contributed by atoms with E-state index in [9.17, 15) is 0 Å². The second kappa shape index (κ2) is 5.04. The number of nitrogens with zero attached hydrogens (tertiary/aromatic N) is 2. The minimum Gasteiger partial charge on any atom is -0.319 e. The van der Waals surface area contributed by atoms with Crippen molar-refractivity contribution in [2.45, 2.75) is 31.6 Å². The predicted molar refractivity (Wildman–Crippen MR) is 73.9 cm³/mol. The summed E-state index contributed by atoms with van der Waals surface area (Å²) in [5.41, 5.74) is 1.45. The molecule has 1 aliphatic rings. The molecular formula is C13H23N3S. The highest BCUT2D eigenvalue weighted by atomic mass is 32.1. The molecule has 2 heterocycles. The van der Waals surface area contributed by atoms with Gasteiger partial charge >= 0.3 is 0 Å². The van der Waals surface area contributed by atoms with Gasteiger partial charge in [-0.05, 0) is 27.1 Å². The van der Waals surface area contributed by atoms with Gasteiger partial charge in [0, 0.05) is 29.8 Å². The monoisotopic (exact) mass is 253 g/mol. The molecule has 4 heteroatoms. The van der Waals surface area contributed by atoms with Crippen LogP contribution in [-0.2, 0) is 5.41 Å². The van der Waals surface area contributed by atoms with E-state index in [0.717, 1.165) is 13.1 Å². The summed E-state index contributed by atoms with van der Waals surface area (Å²) < 4.78 is 0. The average molecular weight is 253 g/mol. The fourth-order valence-corrected chi connectivity index (χ4v) is 3.51. The summed E-state index contributed by atoms with van der Waals surface area (Å²) in [5, 5.41) is 6.77. The Morgan fingerprint density at radius 3 is 2.94 bits per heavy atom. The van der Waals surface area contributed by atoms with Crippen LogP contribution in [0.15, 0.2) is 5.38 Å². The van der Waals surface area contributed by atoms with Crippen molar-refractivity contribution in [3.63, 3.8) is 0 Å². The van der Waals surface area contributed by atoms with E-state index in [1.54, 1.807) is 0 Å². The number of hydrogen-bond acceptors (Lipinski definition) is 4. The van der Waals surface area contributed by atoms with E-state index in [2.05, 4.69) is 36.5 Å². The largest absolute Gasteiger partial charge is 0.319 e. The molecule has 3 nitrogen and oxygen atoms in total. The molecule has 1 aromatic heterocycles. The lowest BCUT2D eigenvalue weighted by Crippen LogP contribution is -2.30. The normalized spacial score (nSPS) is 22.2. The molecule has 0 amide bonds. The van der Waals surface area contributed by atoms with Crippen molar-refractivity contribution in [1.82, 2.24) is 15.2 Å². The smallest absolute Gasteiger partial charge is 0.0997 e. The Labute approximate surface area is 108 Å². The molecule has 0 aromatic carbocycles. The molecule has 0 bridgehead atoms. The standard InChI is InChI=1S/C13H23N3S/c1-13(2,9-14-3)12-15-11(8-17-12)10-5-6-16(4)7-10/h8,10,14H,5-7,9H2,1-4H3. The van der Waals surface area contributed by atoms with Gasteiger partial charge in [-0.3, -0.25) is 0 Å². The molecule has 1 aliphatic heterocycles. The van der Waals surface area contributed by atoms with Crippen LogP contribution in [0.3, 0.4) is 0 Å². The highest BCUT2D eigenvalue weighted by Crippen LogP contribution is 2.31. The zero-order chi connectivity index (χ0) is 12.5. The van der Waals surface area contributed by atoms with Crippen LogP contribution >= 0.6 is 11.3 Å². The minimum atomic E-state index is 0.141. The number of hydrogen-bond donors (Lipinski definition) is 1. The lowest BCUT2D eigenvalue weighted by molar-refractivity contribution is 0.410. The number of thiazole rings is 1. The zero-order valence-electron chi connectivity index (χ0n) is 11.3. The van der Waals surface area contributed by atoms with Crippen LogP contribution in [-0.4, -0.2) is 43.6 Å². The Bertz CT molecular complexity index is 372. The van der Waals surface area contributed by atoms with Crippen LogP contribution in [0.5, 0.6) is 0 Å². The highest BCUT2D eigenvalue weighted by Gasteiger charge is 2.27. The molecule has 0 spiro atoms. The summed E-state index contributed by atoms with van der Waals surface area (Å²) in [6, 6.07) is 0. The van der Waals surface area contributed by atoms with Gasteiger partial charge in [0.25, 0.3) is 0 Å². The summed E-state index contributed by atoms with van der Waals surface area (Å²) in [6.45, 7) is 7.86. The van der Waals surface area contributed by atoms with Crippen LogP contribution in [0, 0.1) is 0 Å². The van der Waals surface area contributed by atoms with E-state index in [0.29, 0.717) is 5.92 Å². The minimum absolute atomic E-state index is 0.141. The third kappa shape index (κ3) is 2.87. The van der Waals surface area contributed by atoms with Crippen molar-refractivity contribution in [1.29, 1.82) is 0 Å². The third-order valence-electron chi connectivity index (χ3n) is 3.53. The molecule has 1 unspecified atom stereocenters. The summed E-state index contributed by atoms with van der Waals surface area (Å²) in [7, 11) is 4.19. The second-order valence-corrected chi connectivity index (χ2v) is 6.60. The molecule has 1 fully saturated rings. The Hall–Kier alpha value is -0.450. The maximum Gasteiger partial charge on any atom is 0.0997 e. The molecular weight excluding hydrogens is 230 g/mol. The first-order valence-electron chi connectivity index (χ1n) is 6.32. The zero-order valence-corrected chi connectivity index (χ0v) is 12.1. The predicted octanol–water partition coefficient (Wildman–Crippen LogP) is 2.06. The van der Waals surface area contributed by atoms with Crippen LogP contribution in [0.4, 0.5) is 0 Å². The Balaban J connectivity index is 2.10. The summed E-state index contributed by atoms with van der Waals surface area (Å²) >= 11 is 1.81. The summed E-state index contributed by atoms with van der Waals surface area (Å²) in [4.78, 5) is 7.26. The van der Waals surface area contributed by atoms with E-state index >= 15 is 0 Å². The number of likely N-dealkylation sites (tertiary alicyclic amines) is 1. The van der Waals surface area contributed by atoms with E-state index in [1.165, 1.54) is 23.7 Å². The molecule has 0 radical (unpaired) electrons. The first-order valence-corrected chi connectivity index (χ1v) is 7.20. The molecule has 1 N–H and O–H groups in total. The van der Waals surface area contributed by atoms with E-state index < -0.39 is 0 Å². The molecule has 2 rings (SSSR count). The molecule has 96 valence electrons. The second-order valence-electron chi connectivity index (χ2n) is 5.74. The Morgan fingerprint density at radius 2 is 2.35 bits per heavy atom. The van der Waals surface area contributed by atoms with Crippen LogP contribution < -0.4 is 5.32 Å². The van der Waals surface area contributed by atoms with Gasteiger partial charge in [0.05, 0.1) is 10.7 Å². The molecule has 0 saturated carbocycles. The van der Waals surface area contributed by atoms with E-state index in [4.69, 9.17) is 4.98 Å². The van der Waals surface area contributed by atoms with E-state index in [-0.39, 0.29) is 5.41 Å². The number of aromatic nitrogens is 1. The third-order valence-corrected chi connectivity index (χ3v) is 4.76. The van der Waals surface area contributed by atoms with Crippen molar-refractivity contribution >= 4 is 11.3 Å². The molecule has 17 heavy (non-hydrogen) atoms. The van der Waals surface area contributed by atoms with Gasteiger partial charge in [-0.1, -0.05) is 13.8 Å². The van der Waals surface area contributed by atoms with Gasteiger partial charge in [0.2, 0.25) is 0 Å². The fourth-order valence-electron chi connectivity index (χ4n) is 2.48. The maximum absolute atomic E-state index is 4.87. The van der Waals surface area contributed by atoms with Gasteiger partial charge < -0.3 is 10.2 Å². The van der Waals surface area contributed by atoms with E-state index in [1.807, 2.05) is 18.4 Å². The Morgan fingerprint density at radius 1 is 1.59 bits per heavy atom. The summed E-state index contributed by atoms with van der Waals surface area (Å²) in [5.74, 6) is 0.649. The number of likely N-dealkylation sites (N-methyl/N-ethyl adjacent to an activating group) is 2. The summed E-state index contributed by atoms with van der Waals surface area (Å²) in [6.07, 6.45) is 1.26. The molecule has 0 aliphatic carbocycles. The highest BCUT2D eigenvalue weighted by molar-refractivity contribution is 7.09. The van der Waals surface area contributed by atoms with Crippen LogP contribution in [0.1, 0.15) is 36.9 Å². The van der Waals surface area contributed by atoms with Crippen molar-refractivity contribution in [2.24, 2.45) is 0 Å². The Kier molecular flexibility index (Phi) is 3.85. The topological polar surface area (TPSA) is 28.2 Å². The van der Waals surface area contributed by atoms with Crippen molar-refractivity contribution in [3.05, 3.63) is 16.1 Å². The fraction of sp³-hybridized carbons (Fsp3) is 0.769. The van der Waals surface area contributed by atoms with Crippen molar-refractivity contribution < 1.29 is 0 Å². The quantitative estimate of drug-likeness (QED) is 0.890. The number of rotatable bonds is 4. The first kappa shape index (κ1) is 13.0. The van der Waals surface area contributed by atoms with Gasteiger partial charge in [-0.25, -0.2) is 4.98 Å². The molecule has 1 atom stereocenters. The SMILES string of the molecule is CNCC(C)(C)c1nc(C2CCN(C)C2)cs1.